The van der Waals surface area contributed by atoms with Gasteiger partial charge >= 0.3 is 6.03 Å². The third-order valence-electron chi connectivity index (χ3n) is 4.79. The highest BCUT2D eigenvalue weighted by Gasteiger charge is 2.15. The predicted octanol–water partition coefficient (Wildman–Crippen LogP) is 2.63. The molecule has 10 nitrogen and oxygen atoms in total. The van der Waals surface area contributed by atoms with Crippen LogP contribution in [0.1, 0.15) is 12.0 Å². The van der Waals surface area contributed by atoms with E-state index in [9.17, 15) is 17.6 Å². The summed E-state index contributed by atoms with van der Waals surface area (Å²) < 4.78 is 40.5. The number of halogens is 1. The van der Waals surface area contributed by atoms with Crippen molar-refractivity contribution >= 4 is 39.2 Å². The fourth-order valence-electron chi connectivity index (χ4n) is 3.10. The second-order valence-electron chi connectivity index (χ2n) is 7.40. The third kappa shape index (κ3) is 6.66. The van der Waals surface area contributed by atoms with Crippen molar-refractivity contribution in [1.29, 1.82) is 0 Å². The Kier molecular flexibility index (Phi) is 7.39. The van der Waals surface area contributed by atoms with Gasteiger partial charge in [0.25, 0.3) is 0 Å². The molecule has 0 fully saturated rings. The molecule has 5 N–H and O–H groups in total. The van der Waals surface area contributed by atoms with E-state index in [4.69, 9.17) is 0 Å². The molecule has 0 radical (unpaired) electrons. The molecule has 1 aromatic heterocycles. The first kappa shape index (κ1) is 23.9. The lowest BCUT2D eigenvalue weighted by Gasteiger charge is -2.10. The molecule has 3 aromatic rings. The van der Waals surface area contributed by atoms with Crippen molar-refractivity contribution in [3.8, 4) is 11.8 Å². The summed E-state index contributed by atoms with van der Waals surface area (Å²) in [5.74, 6) is 6.13. The monoisotopic (exact) mass is 495 g/mol. The first-order chi connectivity index (χ1) is 16.9. The van der Waals surface area contributed by atoms with Gasteiger partial charge in [0, 0.05) is 24.5 Å². The number of aromatic nitrogens is 2. The van der Waals surface area contributed by atoms with E-state index in [0.29, 0.717) is 35.7 Å². The van der Waals surface area contributed by atoms with Gasteiger partial charge in [-0.1, -0.05) is 17.9 Å². The van der Waals surface area contributed by atoms with Gasteiger partial charge in [-0.2, -0.15) is 4.98 Å². The van der Waals surface area contributed by atoms with Crippen molar-refractivity contribution in [3.63, 3.8) is 0 Å². The number of nitrogens with zero attached hydrogens (tertiary/aromatic N) is 2. The van der Waals surface area contributed by atoms with Gasteiger partial charge in [-0.05, 0) is 48.9 Å². The maximum absolute atomic E-state index is 13.0. The second kappa shape index (κ2) is 10.8. The molecule has 35 heavy (non-hydrogen) atoms. The Balaban J connectivity index is 1.45. The van der Waals surface area contributed by atoms with E-state index < -0.39 is 21.9 Å². The predicted molar refractivity (Wildman–Crippen MR) is 130 cm³/mol. The summed E-state index contributed by atoms with van der Waals surface area (Å²) in [4.78, 5) is 20.8. The largest absolute Gasteiger partial charge is 0.369 e. The summed E-state index contributed by atoms with van der Waals surface area (Å²) in [6, 6.07) is 11.3. The summed E-state index contributed by atoms with van der Waals surface area (Å²) in [5, 5.41) is 11.3. The number of nitrogens with one attached hydrogen (secondary N) is 5. The van der Waals surface area contributed by atoms with Crippen LogP contribution in [0, 0.1) is 17.7 Å². The van der Waals surface area contributed by atoms with E-state index in [1.807, 2.05) is 0 Å². The molecule has 12 heteroatoms. The molecule has 0 saturated carbocycles. The van der Waals surface area contributed by atoms with Crippen molar-refractivity contribution in [2.75, 3.05) is 35.6 Å². The first-order valence-electron chi connectivity index (χ1n) is 10.7. The van der Waals surface area contributed by atoms with E-state index in [1.54, 1.807) is 18.3 Å². The van der Waals surface area contributed by atoms with Gasteiger partial charge < -0.3 is 21.3 Å². The topological polar surface area (TPSA) is 137 Å². The van der Waals surface area contributed by atoms with Crippen LogP contribution in [0.4, 0.5) is 32.3 Å². The highest BCUT2D eigenvalue weighted by Crippen LogP contribution is 2.20. The molecule has 0 saturated heterocycles. The molecule has 0 atom stereocenters. The van der Waals surface area contributed by atoms with Gasteiger partial charge in [0.15, 0.2) is 0 Å². The molecule has 180 valence electrons. The Morgan fingerprint density at radius 1 is 1.14 bits per heavy atom. The number of rotatable bonds is 2. The zero-order chi connectivity index (χ0) is 24.7. The number of fused-ring (bicyclic) bond motifs is 4. The minimum atomic E-state index is -3.62. The molecule has 0 aliphatic carbocycles. The normalized spacial score (nSPS) is 14.3. The Hall–Kier alpha value is -4.21. The summed E-state index contributed by atoms with van der Waals surface area (Å²) in [7, 11) is -3.62. The number of carbonyl (C=O) groups is 1. The van der Waals surface area contributed by atoms with Crippen molar-refractivity contribution in [2.45, 2.75) is 11.3 Å². The number of carbonyl (C=O) groups excluding carboxylic acids is 1. The van der Waals surface area contributed by atoms with Crippen LogP contribution in [0.15, 0.2) is 59.6 Å². The summed E-state index contributed by atoms with van der Waals surface area (Å²) in [6.45, 7) is 0.754. The quantitative estimate of drug-likeness (QED) is 0.345. The Bertz CT molecular complexity index is 1390. The lowest BCUT2D eigenvalue weighted by Crippen LogP contribution is -2.28. The Labute approximate surface area is 201 Å². The number of urea groups is 1. The van der Waals surface area contributed by atoms with Crippen LogP contribution in [-0.4, -0.2) is 44.1 Å². The van der Waals surface area contributed by atoms with Crippen LogP contribution in [0.5, 0.6) is 0 Å². The lowest BCUT2D eigenvalue weighted by atomic mass is 10.3. The fraction of sp³-hybridized carbons (Fsp3) is 0.174. The van der Waals surface area contributed by atoms with Crippen molar-refractivity contribution in [1.82, 2.24) is 20.0 Å². The molecular formula is C23H22FN7O3S. The zero-order valence-electron chi connectivity index (χ0n) is 18.4. The number of amides is 2. The number of benzene rings is 2. The molecule has 0 unspecified atom stereocenters. The van der Waals surface area contributed by atoms with Crippen LogP contribution in [0.25, 0.3) is 0 Å². The lowest BCUT2D eigenvalue weighted by molar-refractivity contribution is 0.253. The van der Waals surface area contributed by atoms with Gasteiger partial charge in [-0.15, -0.1) is 0 Å². The summed E-state index contributed by atoms with van der Waals surface area (Å²) in [5.41, 5.74) is 1.49. The van der Waals surface area contributed by atoms with Crippen molar-refractivity contribution in [3.05, 3.63) is 66.1 Å². The smallest absolute Gasteiger partial charge is 0.319 e. The van der Waals surface area contributed by atoms with E-state index in [-0.39, 0.29) is 23.9 Å². The number of sulfonamides is 1. The highest BCUT2D eigenvalue weighted by molar-refractivity contribution is 7.89. The fourth-order valence-corrected chi connectivity index (χ4v) is 4.22. The maximum atomic E-state index is 13.0. The second-order valence-corrected chi connectivity index (χ2v) is 9.17. The average Bonchev–Trinajstić information content (AvgIpc) is 2.84. The third-order valence-corrected chi connectivity index (χ3v) is 6.25. The van der Waals surface area contributed by atoms with Gasteiger partial charge in [-0.3, -0.25) is 0 Å². The molecule has 1 aliphatic rings. The van der Waals surface area contributed by atoms with Crippen LogP contribution < -0.4 is 26.0 Å². The van der Waals surface area contributed by atoms with E-state index >= 15 is 0 Å². The van der Waals surface area contributed by atoms with Gasteiger partial charge in [0.05, 0.1) is 23.2 Å². The molecule has 2 amide bonds. The van der Waals surface area contributed by atoms with Crippen LogP contribution in [0.3, 0.4) is 0 Å². The van der Waals surface area contributed by atoms with Gasteiger partial charge in [0.2, 0.25) is 16.0 Å². The maximum Gasteiger partial charge on any atom is 0.319 e. The summed E-state index contributed by atoms with van der Waals surface area (Å²) >= 11 is 0. The standard InChI is InChI=1S/C23H22FN7O3S/c24-17-7-9-18(10-8-17)30-23(32)26-11-2-4-16-15-27-22-29-19-5-1-6-20(14-19)35(33,34)28-13-3-12-25-21(16)31-22/h1,5-10,14-15,28H,3,11-13H2,(H2,26,30,32)(H2,25,27,29,31). The number of anilines is 4. The van der Waals surface area contributed by atoms with E-state index in [2.05, 4.69) is 47.8 Å². The van der Waals surface area contributed by atoms with Crippen LogP contribution in [0.2, 0.25) is 0 Å². The number of hydrogen-bond donors (Lipinski definition) is 5. The highest BCUT2D eigenvalue weighted by atomic mass is 32.2. The Morgan fingerprint density at radius 2 is 1.97 bits per heavy atom. The Morgan fingerprint density at radius 3 is 2.80 bits per heavy atom. The zero-order valence-corrected chi connectivity index (χ0v) is 19.2. The van der Waals surface area contributed by atoms with Crippen LogP contribution in [-0.2, 0) is 10.0 Å². The van der Waals surface area contributed by atoms with Crippen LogP contribution >= 0.6 is 0 Å². The molecular weight excluding hydrogens is 473 g/mol. The minimum Gasteiger partial charge on any atom is -0.369 e. The molecule has 4 rings (SSSR count). The van der Waals surface area contributed by atoms with Gasteiger partial charge in [-0.25, -0.2) is 27.3 Å². The SMILES string of the molecule is O=C(NCC#Cc1cnc2nc1NCCCNS(=O)(=O)c1cccc(c1)N2)Nc1ccc(F)cc1. The molecule has 0 spiro atoms. The molecule has 2 aromatic carbocycles. The number of hydrogen-bond acceptors (Lipinski definition) is 7. The van der Waals surface area contributed by atoms with Gasteiger partial charge in [0.1, 0.15) is 11.6 Å². The molecule has 1 aliphatic heterocycles. The summed E-state index contributed by atoms with van der Waals surface area (Å²) in [6.07, 6.45) is 2.06. The van der Waals surface area contributed by atoms with Crippen molar-refractivity contribution < 1.29 is 17.6 Å². The van der Waals surface area contributed by atoms with E-state index in [1.165, 1.54) is 36.4 Å². The molecule has 2 heterocycles. The minimum absolute atomic E-state index is 0.0566. The van der Waals surface area contributed by atoms with Crippen molar-refractivity contribution in [2.24, 2.45) is 0 Å². The van der Waals surface area contributed by atoms with E-state index in [0.717, 1.165) is 0 Å². The average molecular weight is 496 g/mol. The molecule has 4 bridgehead atoms. The first-order valence-corrected chi connectivity index (χ1v) is 12.1.